The van der Waals surface area contributed by atoms with Gasteiger partial charge in [0.15, 0.2) is 5.96 Å². The Labute approximate surface area is 168 Å². The van der Waals surface area contributed by atoms with E-state index >= 15 is 0 Å². The van der Waals surface area contributed by atoms with E-state index in [9.17, 15) is 0 Å². The van der Waals surface area contributed by atoms with Crippen LogP contribution in [0.1, 0.15) is 38.8 Å². The summed E-state index contributed by atoms with van der Waals surface area (Å²) in [6.07, 6.45) is 3.57. The van der Waals surface area contributed by atoms with Crippen LogP contribution < -0.4 is 15.4 Å². The first-order chi connectivity index (χ1) is 11.7. The summed E-state index contributed by atoms with van der Waals surface area (Å²) in [4.78, 5) is 11.6. The van der Waals surface area contributed by atoms with Gasteiger partial charge in [-0.25, -0.2) is 9.98 Å². The van der Waals surface area contributed by atoms with Crippen molar-refractivity contribution in [2.75, 3.05) is 33.3 Å². The van der Waals surface area contributed by atoms with Crippen molar-refractivity contribution in [2.24, 2.45) is 4.99 Å². The van der Waals surface area contributed by atoms with E-state index in [0.29, 0.717) is 18.5 Å². The number of nitrogens with zero attached hydrogens (tertiary/aromatic N) is 3. The molecule has 0 aromatic carbocycles. The summed E-state index contributed by atoms with van der Waals surface area (Å²) in [6, 6.07) is 6.26. The predicted molar refractivity (Wildman–Crippen MR) is 114 cm³/mol. The number of hydrogen-bond donors (Lipinski definition) is 2. The van der Waals surface area contributed by atoms with Crippen molar-refractivity contribution in [3.63, 3.8) is 0 Å². The van der Waals surface area contributed by atoms with Crippen LogP contribution in [0.4, 0.5) is 0 Å². The van der Waals surface area contributed by atoms with E-state index in [-0.39, 0.29) is 24.0 Å². The normalized spacial score (nSPS) is 16.2. The van der Waals surface area contributed by atoms with Crippen molar-refractivity contribution in [3.05, 3.63) is 23.9 Å². The number of halogens is 1. The Morgan fingerprint density at radius 1 is 1.32 bits per heavy atom. The maximum atomic E-state index is 5.17. The number of methoxy groups -OCH3 is 1. The average Bonchev–Trinajstić information content (AvgIpc) is 2.62. The second-order valence-electron chi connectivity index (χ2n) is 6.13. The van der Waals surface area contributed by atoms with Gasteiger partial charge in [-0.2, -0.15) is 0 Å². The van der Waals surface area contributed by atoms with Crippen molar-refractivity contribution in [2.45, 2.75) is 45.7 Å². The quantitative estimate of drug-likeness (QED) is 0.372. The van der Waals surface area contributed by atoms with Gasteiger partial charge in [0.1, 0.15) is 0 Å². The molecule has 1 aliphatic heterocycles. The fourth-order valence-electron chi connectivity index (χ4n) is 2.95. The molecular formula is C18H32IN5O. The number of likely N-dealkylation sites (tertiary alicyclic amines) is 1. The van der Waals surface area contributed by atoms with Crippen molar-refractivity contribution in [3.8, 4) is 5.88 Å². The molecule has 1 fully saturated rings. The molecule has 1 aliphatic rings. The number of pyridine rings is 1. The second-order valence-corrected chi connectivity index (χ2v) is 6.13. The van der Waals surface area contributed by atoms with E-state index in [1.54, 1.807) is 7.11 Å². The minimum Gasteiger partial charge on any atom is -0.481 e. The highest BCUT2D eigenvalue weighted by Gasteiger charge is 2.19. The number of ether oxygens (including phenoxy) is 1. The van der Waals surface area contributed by atoms with Crippen LogP contribution >= 0.6 is 24.0 Å². The molecule has 0 unspecified atom stereocenters. The molecule has 1 aromatic heterocycles. The molecule has 0 bridgehead atoms. The molecule has 1 aromatic rings. The van der Waals surface area contributed by atoms with Crippen LogP contribution in [-0.4, -0.2) is 55.2 Å². The van der Waals surface area contributed by atoms with Gasteiger partial charge in [0.05, 0.1) is 19.3 Å². The first-order valence-corrected chi connectivity index (χ1v) is 9.02. The monoisotopic (exact) mass is 461 g/mol. The van der Waals surface area contributed by atoms with Crippen LogP contribution in [0.15, 0.2) is 23.2 Å². The van der Waals surface area contributed by atoms with Gasteiger partial charge in [-0.3, -0.25) is 0 Å². The summed E-state index contributed by atoms with van der Waals surface area (Å²) in [7, 11) is 1.63. The molecule has 1 saturated heterocycles. The predicted octanol–water partition coefficient (Wildman–Crippen LogP) is 2.64. The molecule has 2 N–H and O–H groups in total. The van der Waals surface area contributed by atoms with Crippen LogP contribution in [0.2, 0.25) is 0 Å². The van der Waals surface area contributed by atoms with E-state index in [2.05, 4.69) is 39.4 Å². The minimum atomic E-state index is 0. The van der Waals surface area contributed by atoms with Gasteiger partial charge in [-0.05, 0) is 38.8 Å². The highest BCUT2D eigenvalue weighted by molar-refractivity contribution is 14.0. The molecule has 0 amide bonds. The van der Waals surface area contributed by atoms with Crippen LogP contribution in [0.5, 0.6) is 5.88 Å². The van der Waals surface area contributed by atoms with Crippen molar-refractivity contribution < 1.29 is 4.74 Å². The number of guanidine groups is 1. The standard InChI is InChI=1S/C18H31N5O.HI/c1-4-11-23-12-9-15(10-13-23)22-18(19-5-2)20-14-16-7-6-8-17(21-16)24-3;/h6-8,15H,4-5,9-14H2,1-3H3,(H2,19,20,22);1H. The Hall–Kier alpha value is -1.09. The van der Waals surface area contributed by atoms with Gasteiger partial charge in [0.25, 0.3) is 0 Å². The first-order valence-electron chi connectivity index (χ1n) is 9.02. The Bertz CT molecular complexity index is 518. The Morgan fingerprint density at radius 3 is 2.72 bits per heavy atom. The Kier molecular flexibility index (Phi) is 10.8. The molecule has 25 heavy (non-hydrogen) atoms. The molecule has 142 valence electrons. The Morgan fingerprint density at radius 2 is 2.08 bits per heavy atom. The molecule has 0 aliphatic carbocycles. The van der Waals surface area contributed by atoms with Crippen LogP contribution in [-0.2, 0) is 6.54 Å². The maximum Gasteiger partial charge on any atom is 0.213 e. The van der Waals surface area contributed by atoms with E-state index in [1.165, 1.54) is 38.9 Å². The maximum absolute atomic E-state index is 5.17. The largest absolute Gasteiger partial charge is 0.481 e. The number of nitrogens with one attached hydrogen (secondary N) is 2. The van der Waals surface area contributed by atoms with Crippen molar-refractivity contribution in [1.82, 2.24) is 20.5 Å². The lowest BCUT2D eigenvalue weighted by Gasteiger charge is -2.32. The number of aromatic nitrogens is 1. The lowest BCUT2D eigenvalue weighted by molar-refractivity contribution is 0.206. The summed E-state index contributed by atoms with van der Waals surface area (Å²) >= 11 is 0. The third-order valence-electron chi connectivity index (χ3n) is 4.20. The zero-order valence-corrected chi connectivity index (χ0v) is 18.0. The molecule has 2 heterocycles. The van der Waals surface area contributed by atoms with Crippen LogP contribution in [0.3, 0.4) is 0 Å². The fraction of sp³-hybridized carbons (Fsp3) is 0.667. The van der Waals surface area contributed by atoms with Crippen LogP contribution in [0.25, 0.3) is 0 Å². The number of piperidine rings is 1. The van der Waals surface area contributed by atoms with Gasteiger partial charge in [0.2, 0.25) is 5.88 Å². The molecule has 0 saturated carbocycles. The molecule has 0 spiro atoms. The van der Waals surface area contributed by atoms with Gasteiger partial charge < -0.3 is 20.3 Å². The molecule has 7 heteroatoms. The molecule has 6 nitrogen and oxygen atoms in total. The third kappa shape index (κ3) is 7.77. The second kappa shape index (κ2) is 12.3. The lowest BCUT2D eigenvalue weighted by atomic mass is 10.1. The summed E-state index contributed by atoms with van der Waals surface area (Å²) in [5, 5.41) is 6.90. The number of aliphatic imine (C=N–C) groups is 1. The zero-order chi connectivity index (χ0) is 17.2. The molecule has 0 radical (unpaired) electrons. The van der Waals surface area contributed by atoms with Gasteiger partial charge in [-0.1, -0.05) is 13.0 Å². The first kappa shape index (κ1) is 22.0. The Balaban J connectivity index is 0.00000312. The molecule has 2 rings (SSSR count). The highest BCUT2D eigenvalue weighted by Crippen LogP contribution is 2.11. The zero-order valence-electron chi connectivity index (χ0n) is 15.6. The van der Waals surface area contributed by atoms with Gasteiger partial charge in [-0.15, -0.1) is 24.0 Å². The number of hydrogen-bond acceptors (Lipinski definition) is 4. The van der Waals surface area contributed by atoms with Gasteiger partial charge in [0, 0.05) is 31.7 Å². The van der Waals surface area contributed by atoms with Crippen molar-refractivity contribution >= 4 is 29.9 Å². The van der Waals surface area contributed by atoms with Gasteiger partial charge >= 0.3 is 0 Å². The molecule has 0 atom stereocenters. The summed E-state index contributed by atoms with van der Waals surface area (Å²) < 4.78 is 5.17. The smallest absolute Gasteiger partial charge is 0.213 e. The summed E-state index contributed by atoms with van der Waals surface area (Å²) in [6.45, 7) is 9.28. The van der Waals surface area contributed by atoms with Crippen molar-refractivity contribution in [1.29, 1.82) is 0 Å². The summed E-state index contributed by atoms with van der Waals surface area (Å²) in [5.74, 6) is 1.50. The lowest BCUT2D eigenvalue weighted by Crippen LogP contribution is -2.48. The average molecular weight is 461 g/mol. The van der Waals surface area contributed by atoms with E-state index < -0.39 is 0 Å². The van der Waals surface area contributed by atoms with E-state index in [4.69, 9.17) is 4.74 Å². The minimum absolute atomic E-state index is 0. The number of rotatable bonds is 7. The van der Waals surface area contributed by atoms with E-state index in [0.717, 1.165) is 18.2 Å². The topological polar surface area (TPSA) is 61.8 Å². The van der Waals surface area contributed by atoms with E-state index in [1.807, 2.05) is 18.2 Å². The molecular weight excluding hydrogens is 429 g/mol. The van der Waals surface area contributed by atoms with Crippen LogP contribution in [0, 0.1) is 0 Å². The summed E-state index contributed by atoms with van der Waals surface area (Å²) in [5.41, 5.74) is 0.907. The third-order valence-corrected chi connectivity index (χ3v) is 4.20. The fourth-order valence-corrected chi connectivity index (χ4v) is 2.95. The SMILES string of the molecule is CCCN1CCC(NC(=NCc2cccc(OC)n2)NCC)CC1.I. The highest BCUT2D eigenvalue weighted by atomic mass is 127.